The van der Waals surface area contributed by atoms with Crippen LogP contribution in [0.3, 0.4) is 0 Å². The van der Waals surface area contributed by atoms with E-state index in [-0.39, 0.29) is 6.10 Å². The van der Waals surface area contributed by atoms with Gasteiger partial charge in [-0.2, -0.15) is 0 Å². The molecule has 1 heterocycles. The Labute approximate surface area is 106 Å². The highest BCUT2D eigenvalue weighted by molar-refractivity contribution is 5.90. The van der Waals surface area contributed by atoms with Gasteiger partial charge >= 0.3 is 5.97 Å². The monoisotopic (exact) mass is 251 g/mol. The van der Waals surface area contributed by atoms with Crippen molar-refractivity contribution in [3.05, 3.63) is 23.8 Å². The van der Waals surface area contributed by atoms with Gasteiger partial charge in [0, 0.05) is 6.61 Å². The molecule has 18 heavy (non-hydrogen) atoms. The summed E-state index contributed by atoms with van der Waals surface area (Å²) >= 11 is 0. The number of esters is 1. The van der Waals surface area contributed by atoms with Crippen LogP contribution in [-0.2, 0) is 9.47 Å². The van der Waals surface area contributed by atoms with Crippen LogP contribution in [0.5, 0.6) is 5.75 Å². The van der Waals surface area contributed by atoms with Crippen molar-refractivity contribution in [1.29, 1.82) is 0 Å². The molecule has 1 atom stereocenters. The second-order valence-corrected chi connectivity index (χ2v) is 4.19. The molecule has 0 aliphatic carbocycles. The van der Waals surface area contributed by atoms with E-state index in [9.17, 15) is 4.79 Å². The van der Waals surface area contributed by atoms with Crippen LogP contribution in [0, 0.1) is 0 Å². The molecule has 2 N–H and O–H groups in total. The predicted octanol–water partition coefficient (Wildman–Crippen LogP) is 1.61. The Balaban J connectivity index is 2.03. The molecule has 1 aliphatic heterocycles. The average molecular weight is 251 g/mol. The Hall–Kier alpha value is -1.75. The first-order valence-electron chi connectivity index (χ1n) is 5.93. The number of nitrogens with two attached hydrogens (primary N) is 1. The van der Waals surface area contributed by atoms with Gasteiger partial charge in [-0.25, -0.2) is 4.79 Å². The van der Waals surface area contributed by atoms with Crippen LogP contribution in [0.1, 0.15) is 23.2 Å². The van der Waals surface area contributed by atoms with Gasteiger partial charge in [-0.1, -0.05) is 0 Å². The normalized spacial score (nSPS) is 18.6. The second kappa shape index (κ2) is 5.73. The lowest BCUT2D eigenvalue weighted by molar-refractivity contribution is 0.0598. The molecule has 1 aromatic carbocycles. The highest BCUT2D eigenvalue weighted by atomic mass is 16.5. The SMILES string of the molecule is COC(=O)c1ccc(N)c(OCC2CCCO2)c1. The zero-order valence-electron chi connectivity index (χ0n) is 10.3. The van der Waals surface area contributed by atoms with Gasteiger partial charge in [0.1, 0.15) is 12.4 Å². The summed E-state index contributed by atoms with van der Waals surface area (Å²) in [4.78, 5) is 11.4. The molecule has 1 saturated heterocycles. The second-order valence-electron chi connectivity index (χ2n) is 4.19. The average Bonchev–Trinajstić information content (AvgIpc) is 2.90. The van der Waals surface area contributed by atoms with Gasteiger partial charge in [0.05, 0.1) is 24.5 Å². The van der Waals surface area contributed by atoms with E-state index in [1.165, 1.54) is 7.11 Å². The Kier molecular flexibility index (Phi) is 4.04. The third-order valence-corrected chi connectivity index (χ3v) is 2.88. The topological polar surface area (TPSA) is 70.8 Å². The van der Waals surface area contributed by atoms with E-state index in [1.807, 2.05) is 0 Å². The lowest BCUT2D eigenvalue weighted by Gasteiger charge is -2.13. The number of ether oxygens (including phenoxy) is 3. The van der Waals surface area contributed by atoms with Crippen LogP contribution in [0.25, 0.3) is 0 Å². The molecule has 0 aromatic heterocycles. The fraction of sp³-hybridized carbons (Fsp3) is 0.462. The highest BCUT2D eigenvalue weighted by Crippen LogP contribution is 2.24. The van der Waals surface area contributed by atoms with E-state index < -0.39 is 5.97 Å². The maximum absolute atomic E-state index is 11.4. The van der Waals surface area contributed by atoms with Crippen molar-refractivity contribution in [1.82, 2.24) is 0 Å². The van der Waals surface area contributed by atoms with Crippen LogP contribution in [0.2, 0.25) is 0 Å². The third-order valence-electron chi connectivity index (χ3n) is 2.88. The Morgan fingerprint density at radius 2 is 2.39 bits per heavy atom. The lowest BCUT2D eigenvalue weighted by atomic mass is 10.2. The van der Waals surface area contributed by atoms with Crippen molar-refractivity contribution < 1.29 is 19.0 Å². The fourth-order valence-electron chi connectivity index (χ4n) is 1.86. The molecule has 1 unspecified atom stereocenters. The van der Waals surface area contributed by atoms with Gasteiger partial charge < -0.3 is 19.9 Å². The van der Waals surface area contributed by atoms with Crippen LogP contribution in [-0.4, -0.2) is 32.4 Å². The fourth-order valence-corrected chi connectivity index (χ4v) is 1.86. The summed E-state index contributed by atoms with van der Waals surface area (Å²) in [7, 11) is 1.34. The number of hydrogen-bond donors (Lipinski definition) is 1. The molecule has 1 aliphatic rings. The minimum atomic E-state index is -0.406. The van der Waals surface area contributed by atoms with Crippen LogP contribution in [0.15, 0.2) is 18.2 Å². The first-order valence-corrected chi connectivity index (χ1v) is 5.93. The Morgan fingerprint density at radius 3 is 3.06 bits per heavy atom. The number of hydrogen-bond acceptors (Lipinski definition) is 5. The van der Waals surface area contributed by atoms with Crippen molar-refractivity contribution in [2.24, 2.45) is 0 Å². The molecule has 2 rings (SSSR count). The molecule has 1 fully saturated rings. The first kappa shape index (κ1) is 12.7. The summed E-state index contributed by atoms with van der Waals surface area (Å²) in [6.45, 7) is 1.24. The quantitative estimate of drug-likeness (QED) is 0.650. The van der Waals surface area contributed by atoms with Gasteiger partial charge in [-0.15, -0.1) is 0 Å². The zero-order chi connectivity index (χ0) is 13.0. The summed E-state index contributed by atoms with van der Waals surface area (Å²) in [6, 6.07) is 4.84. The van der Waals surface area contributed by atoms with Gasteiger partial charge in [0.15, 0.2) is 0 Å². The van der Waals surface area contributed by atoms with E-state index in [4.69, 9.17) is 15.2 Å². The molecule has 5 heteroatoms. The van der Waals surface area contributed by atoms with Crippen molar-refractivity contribution in [2.75, 3.05) is 26.1 Å². The van der Waals surface area contributed by atoms with Crippen molar-refractivity contribution in [2.45, 2.75) is 18.9 Å². The Bertz CT molecular complexity index is 427. The van der Waals surface area contributed by atoms with Gasteiger partial charge in [-0.3, -0.25) is 0 Å². The van der Waals surface area contributed by atoms with Crippen molar-refractivity contribution in [3.8, 4) is 5.75 Å². The van der Waals surface area contributed by atoms with E-state index in [0.29, 0.717) is 23.6 Å². The maximum Gasteiger partial charge on any atom is 0.337 e. The van der Waals surface area contributed by atoms with Crippen molar-refractivity contribution in [3.63, 3.8) is 0 Å². The summed E-state index contributed by atoms with van der Waals surface area (Å²) in [5, 5.41) is 0. The standard InChI is InChI=1S/C13H17NO4/c1-16-13(15)9-4-5-11(14)12(7-9)18-8-10-3-2-6-17-10/h4-5,7,10H,2-3,6,8,14H2,1H3. The number of methoxy groups -OCH3 is 1. The van der Waals surface area contributed by atoms with Gasteiger partial charge in [-0.05, 0) is 31.0 Å². The summed E-state index contributed by atoms with van der Waals surface area (Å²) < 4.78 is 15.7. The van der Waals surface area contributed by atoms with E-state index >= 15 is 0 Å². The number of benzene rings is 1. The smallest absolute Gasteiger partial charge is 0.337 e. The molecule has 0 amide bonds. The van der Waals surface area contributed by atoms with Gasteiger partial charge in [0.2, 0.25) is 0 Å². The molecule has 98 valence electrons. The number of nitrogen functional groups attached to an aromatic ring is 1. The molecule has 1 aromatic rings. The molecular weight excluding hydrogens is 234 g/mol. The largest absolute Gasteiger partial charge is 0.489 e. The highest BCUT2D eigenvalue weighted by Gasteiger charge is 2.17. The van der Waals surface area contributed by atoms with Crippen LogP contribution >= 0.6 is 0 Å². The van der Waals surface area contributed by atoms with E-state index in [2.05, 4.69) is 4.74 Å². The molecular formula is C13H17NO4. The number of carbonyl (C=O) groups is 1. The van der Waals surface area contributed by atoms with E-state index in [0.717, 1.165) is 19.4 Å². The molecule has 5 nitrogen and oxygen atoms in total. The third kappa shape index (κ3) is 2.92. The van der Waals surface area contributed by atoms with Crippen LogP contribution < -0.4 is 10.5 Å². The number of anilines is 1. The molecule has 0 radical (unpaired) electrons. The number of rotatable bonds is 4. The van der Waals surface area contributed by atoms with Crippen LogP contribution in [0.4, 0.5) is 5.69 Å². The van der Waals surface area contributed by atoms with Crippen molar-refractivity contribution >= 4 is 11.7 Å². The minimum absolute atomic E-state index is 0.117. The summed E-state index contributed by atoms with van der Waals surface area (Å²) in [6.07, 6.45) is 2.17. The summed E-state index contributed by atoms with van der Waals surface area (Å²) in [5.74, 6) is 0.0883. The van der Waals surface area contributed by atoms with E-state index in [1.54, 1.807) is 18.2 Å². The number of carbonyl (C=O) groups excluding carboxylic acids is 1. The van der Waals surface area contributed by atoms with Gasteiger partial charge in [0.25, 0.3) is 0 Å². The molecule has 0 bridgehead atoms. The zero-order valence-corrected chi connectivity index (χ0v) is 10.3. The maximum atomic E-state index is 11.4. The Morgan fingerprint density at radius 1 is 1.56 bits per heavy atom. The predicted molar refractivity (Wildman–Crippen MR) is 66.7 cm³/mol. The molecule has 0 saturated carbocycles. The summed E-state index contributed by atoms with van der Waals surface area (Å²) in [5.41, 5.74) is 6.72. The first-order chi connectivity index (χ1) is 8.70. The minimum Gasteiger partial charge on any atom is -0.489 e. The lowest BCUT2D eigenvalue weighted by Crippen LogP contribution is -2.17. The molecule has 0 spiro atoms.